The number of nitrogens with zero attached hydrogens (tertiary/aromatic N) is 1. The highest BCUT2D eigenvalue weighted by Crippen LogP contribution is 2.30. The van der Waals surface area contributed by atoms with Gasteiger partial charge in [-0.15, -0.1) is 0 Å². The first kappa shape index (κ1) is 17.5. The van der Waals surface area contributed by atoms with Crippen molar-refractivity contribution in [1.29, 1.82) is 0 Å². The molecule has 0 saturated carbocycles. The Hall–Kier alpha value is -3.28. The van der Waals surface area contributed by atoms with Gasteiger partial charge in [-0.05, 0) is 42.3 Å². The van der Waals surface area contributed by atoms with Gasteiger partial charge in [-0.1, -0.05) is 31.2 Å². The van der Waals surface area contributed by atoms with Crippen LogP contribution >= 0.6 is 0 Å². The second-order valence-electron chi connectivity index (χ2n) is 5.73. The molecule has 1 heterocycles. The van der Waals surface area contributed by atoms with E-state index >= 15 is 0 Å². The van der Waals surface area contributed by atoms with Crippen LogP contribution in [0, 0.1) is 0 Å². The van der Waals surface area contributed by atoms with Crippen molar-refractivity contribution < 1.29 is 19.1 Å². The molecule has 134 valence electrons. The molecule has 0 unspecified atom stereocenters. The number of amides is 2. The van der Waals surface area contributed by atoms with E-state index in [0.717, 1.165) is 6.42 Å². The van der Waals surface area contributed by atoms with Crippen LogP contribution in [0.2, 0.25) is 0 Å². The second kappa shape index (κ2) is 7.74. The lowest BCUT2D eigenvalue weighted by atomic mass is 10.1. The molecule has 0 atom stereocenters. The van der Waals surface area contributed by atoms with Gasteiger partial charge >= 0.3 is 0 Å². The van der Waals surface area contributed by atoms with Gasteiger partial charge in [0.1, 0.15) is 5.57 Å². The zero-order chi connectivity index (χ0) is 18.5. The summed E-state index contributed by atoms with van der Waals surface area (Å²) in [6, 6.07) is 14.3. The van der Waals surface area contributed by atoms with Crippen molar-refractivity contribution in [3.63, 3.8) is 0 Å². The van der Waals surface area contributed by atoms with E-state index in [4.69, 9.17) is 9.47 Å². The molecule has 6 nitrogen and oxygen atoms in total. The summed E-state index contributed by atoms with van der Waals surface area (Å²) in [6.45, 7) is 2.61. The Morgan fingerprint density at radius 3 is 2.54 bits per heavy atom. The quantitative estimate of drug-likeness (QED) is 0.641. The van der Waals surface area contributed by atoms with Crippen LogP contribution in [0.5, 0.6) is 11.5 Å². The Kier molecular flexibility index (Phi) is 5.22. The summed E-state index contributed by atoms with van der Waals surface area (Å²) in [7, 11) is 1.55. The maximum atomic E-state index is 12.6. The van der Waals surface area contributed by atoms with E-state index < -0.39 is 11.8 Å². The lowest BCUT2D eigenvalue weighted by molar-refractivity contribution is -0.117. The molecule has 1 fully saturated rings. The molecular weight excluding hydrogens is 332 g/mol. The summed E-state index contributed by atoms with van der Waals surface area (Å²) in [5.41, 5.74) is 3.93. The molecule has 1 N–H and O–H groups in total. The number of para-hydroxylation sites is 1. The number of nitrogens with one attached hydrogen (secondary N) is 1. The van der Waals surface area contributed by atoms with Gasteiger partial charge in [-0.25, -0.2) is 5.01 Å². The maximum Gasteiger partial charge on any atom is 0.282 e. The fourth-order valence-electron chi connectivity index (χ4n) is 2.59. The molecule has 6 heteroatoms. The minimum Gasteiger partial charge on any atom is -0.493 e. The van der Waals surface area contributed by atoms with Gasteiger partial charge in [0, 0.05) is 0 Å². The first-order valence-corrected chi connectivity index (χ1v) is 8.37. The molecule has 0 aromatic heterocycles. The normalized spacial score (nSPS) is 15.3. The number of methoxy groups -OCH3 is 1. The van der Waals surface area contributed by atoms with Crippen molar-refractivity contribution in [2.24, 2.45) is 0 Å². The highest BCUT2D eigenvalue weighted by molar-refractivity contribution is 6.31. The number of anilines is 1. The van der Waals surface area contributed by atoms with Crippen LogP contribution in [0.25, 0.3) is 6.08 Å². The van der Waals surface area contributed by atoms with E-state index in [0.29, 0.717) is 29.4 Å². The molecule has 0 spiro atoms. The number of hydrogen-bond donors (Lipinski definition) is 1. The summed E-state index contributed by atoms with van der Waals surface area (Å²) < 4.78 is 11.0. The molecule has 1 saturated heterocycles. The Bertz CT molecular complexity index is 846. The van der Waals surface area contributed by atoms with Gasteiger partial charge in [-0.2, -0.15) is 0 Å². The second-order valence-corrected chi connectivity index (χ2v) is 5.73. The monoisotopic (exact) mass is 352 g/mol. The van der Waals surface area contributed by atoms with Gasteiger partial charge in [0.05, 0.1) is 19.4 Å². The fourth-order valence-corrected chi connectivity index (χ4v) is 2.59. The summed E-state index contributed by atoms with van der Waals surface area (Å²) in [4.78, 5) is 24.8. The van der Waals surface area contributed by atoms with Gasteiger partial charge in [-0.3, -0.25) is 15.0 Å². The molecule has 0 radical (unpaired) electrons. The van der Waals surface area contributed by atoms with E-state index in [2.05, 4.69) is 5.43 Å². The van der Waals surface area contributed by atoms with E-state index in [1.807, 2.05) is 13.0 Å². The number of hydrazine groups is 1. The van der Waals surface area contributed by atoms with Crippen molar-refractivity contribution in [2.75, 3.05) is 18.7 Å². The average molecular weight is 352 g/mol. The predicted octanol–water partition coefficient (Wildman–Crippen LogP) is 2.95. The molecule has 0 aliphatic carbocycles. The third kappa shape index (κ3) is 3.54. The van der Waals surface area contributed by atoms with E-state index in [-0.39, 0.29) is 5.57 Å². The fraction of sp³-hybridized carbons (Fsp3) is 0.200. The van der Waals surface area contributed by atoms with Crippen LogP contribution in [-0.4, -0.2) is 25.5 Å². The zero-order valence-electron chi connectivity index (χ0n) is 14.7. The lowest BCUT2D eigenvalue weighted by Crippen LogP contribution is -2.35. The number of hydrogen-bond acceptors (Lipinski definition) is 4. The van der Waals surface area contributed by atoms with Crippen molar-refractivity contribution in [3.8, 4) is 11.5 Å². The van der Waals surface area contributed by atoms with Gasteiger partial charge < -0.3 is 9.47 Å². The minimum absolute atomic E-state index is 0.0677. The Morgan fingerprint density at radius 2 is 1.85 bits per heavy atom. The SMILES string of the molecule is CCCOc1ccc(/C=C2\C(=O)NN(c3ccccc3)C2=O)cc1OC. The third-order valence-corrected chi connectivity index (χ3v) is 3.87. The number of rotatable bonds is 6. The van der Waals surface area contributed by atoms with Crippen LogP contribution in [0.4, 0.5) is 5.69 Å². The van der Waals surface area contributed by atoms with E-state index in [1.54, 1.807) is 55.7 Å². The first-order valence-electron chi connectivity index (χ1n) is 8.37. The van der Waals surface area contributed by atoms with E-state index in [1.165, 1.54) is 5.01 Å². The number of carbonyl (C=O) groups is 2. The summed E-state index contributed by atoms with van der Waals surface area (Å²) in [5.74, 6) is 0.346. The molecule has 1 aliphatic heterocycles. The molecule has 1 aliphatic rings. The van der Waals surface area contributed by atoms with Crippen LogP contribution in [-0.2, 0) is 9.59 Å². The lowest BCUT2D eigenvalue weighted by Gasteiger charge is -2.13. The summed E-state index contributed by atoms with van der Waals surface area (Å²) in [6.07, 6.45) is 2.44. The van der Waals surface area contributed by atoms with Crippen LogP contribution in [0.3, 0.4) is 0 Å². The van der Waals surface area contributed by atoms with E-state index in [9.17, 15) is 9.59 Å². The summed E-state index contributed by atoms with van der Waals surface area (Å²) in [5, 5.41) is 1.24. The van der Waals surface area contributed by atoms with Crippen molar-refractivity contribution >= 4 is 23.6 Å². The van der Waals surface area contributed by atoms with Crippen LogP contribution in [0.15, 0.2) is 54.1 Å². The molecule has 2 aromatic rings. The molecule has 2 amide bonds. The smallest absolute Gasteiger partial charge is 0.282 e. The van der Waals surface area contributed by atoms with Gasteiger partial charge in [0.15, 0.2) is 11.5 Å². The summed E-state index contributed by atoms with van der Waals surface area (Å²) >= 11 is 0. The van der Waals surface area contributed by atoms with Crippen molar-refractivity contribution in [2.45, 2.75) is 13.3 Å². The standard InChI is InChI=1S/C20H20N2O4/c1-3-11-26-17-10-9-14(13-18(17)25-2)12-16-19(23)21-22(20(16)24)15-7-5-4-6-8-15/h4-10,12-13H,3,11H2,1-2H3,(H,21,23)/b16-12+. The Labute approximate surface area is 152 Å². The third-order valence-electron chi connectivity index (χ3n) is 3.87. The van der Waals surface area contributed by atoms with Crippen LogP contribution in [0.1, 0.15) is 18.9 Å². The average Bonchev–Trinajstić information content (AvgIpc) is 2.95. The van der Waals surface area contributed by atoms with Crippen LogP contribution < -0.4 is 19.9 Å². The van der Waals surface area contributed by atoms with Gasteiger partial charge in [0.25, 0.3) is 11.8 Å². The Balaban J connectivity index is 1.87. The molecular formula is C20H20N2O4. The number of carbonyl (C=O) groups excluding carboxylic acids is 2. The maximum absolute atomic E-state index is 12.6. The molecule has 26 heavy (non-hydrogen) atoms. The predicted molar refractivity (Wildman–Crippen MR) is 98.8 cm³/mol. The highest BCUT2D eigenvalue weighted by atomic mass is 16.5. The van der Waals surface area contributed by atoms with Crippen molar-refractivity contribution in [3.05, 3.63) is 59.7 Å². The topological polar surface area (TPSA) is 67.9 Å². The Morgan fingerprint density at radius 1 is 1.08 bits per heavy atom. The molecule has 3 rings (SSSR count). The number of ether oxygens (including phenoxy) is 2. The first-order chi connectivity index (χ1) is 12.6. The zero-order valence-corrected chi connectivity index (χ0v) is 14.7. The molecule has 0 bridgehead atoms. The largest absolute Gasteiger partial charge is 0.493 e. The molecule has 2 aromatic carbocycles. The minimum atomic E-state index is -0.441. The highest BCUT2D eigenvalue weighted by Gasteiger charge is 2.34. The number of benzene rings is 2. The van der Waals surface area contributed by atoms with Gasteiger partial charge in [0.2, 0.25) is 0 Å². The van der Waals surface area contributed by atoms with Crippen molar-refractivity contribution in [1.82, 2.24) is 5.43 Å².